The number of ether oxygens (including phenoxy) is 1. The number of halogens is 1. The number of nitrogen functional groups attached to an aromatic ring is 1. The second kappa shape index (κ2) is 7.98. The zero-order chi connectivity index (χ0) is 18.6. The number of para-hydroxylation sites is 1. The van der Waals surface area contributed by atoms with Gasteiger partial charge in [-0.25, -0.2) is 9.37 Å². The number of rotatable bonds is 4. The molecule has 27 heavy (non-hydrogen) atoms. The molecule has 7 heteroatoms. The summed E-state index contributed by atoms with van der Waals surface area (Å²) in [5.74, 6) is 1.02. The van der Waals surface area contributed by atoms with E-state index in [0.29, 0.717) is 36.2 Å². The second-order valence-corrected chi connectivity index (χ2v) is 7.22. The van der Waals surface area contributed by atoms with Crippen molar-refractivity contribution in [1.82, 2.24) is 9.97 Å². The van der Waals surface area contributed by atoms with E-state index in [2.05, 4.69) is 19.8 Å². The standard InChI is InChI=1S/C20H26FN5O/c21-16-8-4-5-9-17(16)25-10-12-26(13-11-25)19-18(22)20(24-14-23-19)27-15-6-2-1-3-7-15/h4-5,8-9,14-15H,1-3,6-7,10-13,22H2. The summed E-state index contributed by atoms with van der Waals surface area (Å²) >= 11 is 0. The minimum absolute atomic E-state index is 0.185. The lowest BCUT2D eigenvalue weighted by Crippen LogP contribution is -2.47. The topological polar surface area (TPSA) is 67.5 Å². The maximum Gasteiger partial charge on any atom is 0.242 e. The molecule has 2 aromatic rings. The third-order valence-corrected chi connectivity index (χ3v) is 5.43. The SMILES string of the molecule is Nc1c(OC2CCCCC2)ncnc1N1CCN(c2ccccc2F)CC1. The Morgan fingerprint density at radius 2 is 1.67 bits per heavy atom. The van der Waals surface area contributed by atoms with Crippen LogP contribution in [0.5, 0.6) is 5.88 Å². The van der Waals surface area contributed by atoms with E-state index in [1.165, 1.54) is 31.7 Å². The first-order chi connectivity index (χ1) is 13.2. The van der Waals surface area contributed by atoms with Crippen LogP contribution in [0.25, 0.3) is 0 Å². The third-order valence-electron chi connectivity index (χ3n) is 5.43. The van der Waals surface area contributed by atoms with Gasteiger partial charge < -0.3 is 20.3 Å². The van der Waals surface area contributed by atoms with Crippen molar-refractivity contribution < 1.29 is 9.13 Å². The van der Waals surface area contributed by atoms with Gasteiger partial charge in [0.1, 0.15) is 23.9 Å². The summed E-state index contributed by atoms with van der Waals surface area (Å²) in [5, 5.41) is 0. The van der Waals surface area contributed by atoms with Crippen molar-refractivity contribution in [2.24, 2.45) is 0 Å². The Morgan fingerprint density at radius 3 is 2.41 bits per heavy atom. The number of hydrogen-bond acceptors (Lipinski definition) is 6. The van der Waals surface area contributed by atoms with Crippen molar-refractivity contribution in [3.05, 3.63) is 36.4 Å². The zero-order valence-corrected chi connectivity index (χ0v) is 15.5. The van der Waals surface area contributed by atoms with Crippen LogP contribution in [0.15, 0.2) is 30.6 Å². The van der Waals surface area contributed by atoms with Crippen molar-refractivity contribution in [3.63, 3.8) is 0 Å². The van der Waals surface area contributed by atoms with Crippen LogP contribution in [-0.2, 0) is 0 Å². The molecule has 2 fully saturated rings. The van der Waals surface area contributed by atoms with Crippen molar-refractivity contribution >= 4 is 17.2 Å². The van der Waals surface area contributed by atoms with E-state index < -0.39 is 0 Å². The Hall–Kier alpha value is -2.57. The molecule has 0 unspecified atom stereocenters. The molecule has 0 spiro atoms. The normalized spacial score (nSPS) is 18.6. The number of nitrogens with two attached hydrogens (primary N) is 1. The van der Waals surface area contributed by atoms with Gasteiger partial charge in [-0.2, -0.15) is 4.98 Å². The van der Waals surface area contributed by atoms with Crippen molar-refractivity contribution in [2.75, 3.05) is 41.7 Å². The van der Waals surface area contributed by atoms with Crippen LogP contribution in [0.3, 0.4) is 0 Å². The Kier molecular flexibility index (Phi) is 5.27. The Morgan fingerprint density at radius 1 is 0.963 bits per heavy atom. The summed E-state index contributed by atoms with van der Waals surface area (Å²) in [7, 11) is 0. The number of piperazine rings is 1. The maximum atomic E-state index is 14.0. The fourth-order valence-electron chi connectivity index (χ4n) is 3.92. The van der Waals surface area contributed by atoms with Crippen LogP contribution < -0.4 is 20.3 Å². The first-order valence-corrected chi connectivity index (χ1v) is 9.74. The summed E-state index contributed by atoms with van der Waals surface area (Å²) in [6.07, 6.45) is 7.49. The zero-order valence-electron chi connectivity index (χ0n) is 15.5. The number of benzene rings is 1. The summed E-state index contributed by atoms with van der Waals surface area (Å²) in [4.78, 5) is 12.8. The summed E-state index contributed by atoms with van der Waals surface area (Å²) in [6, 6.07) is 6.89. The van der Waals surface area contributed by atoms with E-state index in [-0.39, 0.29) is 11.9 Å². The quantitative estimate of drug-likeness (QED) is 0.890. The molecular weight excluding hydrogens is 345 g/mol. The highest BCUT2D eigenvalue weighted by Gasteiger charge is 2.24. The molecule has 2 heterocycles. The van der Waals surface area contributed by atoms with Crippen molar-refractivity contribution in [3.8, 4) is 5.88 Å². The van der Waals surface area contributed by atoms with Gasteiger partial charge in [0.05, 0.1) is 5.69 Å². The fraction of sp³-hybridized carbons (Fsp3) is 0.500. The minimum atomic E-state index is -0.185. The molecular formula is C20H26FN5O. The Balaban J connectivity index is 1.43. The van der Waals surface area contributed by atoms with E-state index in [1.54, 1.807) is 6.07 Å². The van der Waals surface area contributed by atoms with Gasteiger partial charge in [0.25, 0.3) is 0 Å². The van der Waals surface area contributed by atoms with Crippen LogP contribution in [0.2, 0.25) is 0 Å². The Bertz CT molecular complexity index is 773. The molecule has 0 atom stereocenters. The number of hydrogen-bond donors (Lipinski definition) is 1. The van der Waals surface area contributed by atoms with E-state index >= 15 is 0 Å². The maximum absolute atomic E-state index is 14.0. The van der Waals surface area contributed by atoms with Gasteiger partial charge in [0.2, 0.25) is 5.88 Å². The van der Waals surface area contributed by atoms with Gasteiger partial charge in [-0.15, -0.1) is 0 Å². The first-order valence-electron chi connectivity index (χ1n) is 9.74. The molecule has 2 N–H and O–H groups in total. The van der Waals surface area contributed by atoms with Crippen LogP contribution in [0.1, 0.15) is 32.1 Å². The van der Waals surface area contributed by atoms with E-state index in [9.17, 15) is 4.39 Å². The van der Waals surface area contributed by atoms with Gasteiger partial charge in [0.15, 0.2) is 5.82 Å². The van der Waals surface area contributed by atoms with E-state index in [1.807, 2.05) is 12.1 Å². The van der Waals surface area contributed by atoms with Crippen LogP contribution in [-0.4, -0.2) is 42.3 Å². The molecule has 1 saturated carbocycles. The summed E-state index contributed by atoms with van der Waals surface area (Å²) < 4.78 is 20.1. The molecule has 4 rings (SSSR count). The molecule has 1 aliphatic carbocycles. The number of nitrogens with zero attached hydrogens (tertiary/aromatic N) is 4. The molecule has 2 aliphatic rings. The molecule has 1 aromatic heterocycles. The van der Waals surface area contributed by atoms with E-state index in [4.69, 9.17) is 10.5 Å². The average molecular weight is 371 g/mol. The Labute approximate surface area is 159 Å². The summed E-state index contributed by atoms with van der Waals surface area (Å²) in [5.41, 5.74) is 7.49. The monoisotopic (exact) mass is 371 g/mol. The minimum Gasteiger partial charge on any atom is -0.473 e. The predicted octanol–water partition coefficient (Wildman–Crippen LogP) is 3.24. The van der Waals surface area contributed by atoms with Crippen LogP contribution in [0, 0.1) is 5.82 Å². The molecule has 0 radical (unpaired) electrons. The average Bonchev–Trinajstić information content (AvgIpc) is 2.71. The predicted molar refractivity (Wildman–Crippen MR) is 105 cm³/mol. The van der Waals surface area contributed by atoms with Gasteiger partial charge >= 0.3 is 0 Å². The summed E-state index contributed by atoms with van der Waals surface area (Å²) in [6.45, 7) is 2.86. The van der Waals surface area contributed by atoms with Gasteiger partial charge in [-0.3, -0.25) is 0 Å². The highest BCUT2D eigenvalue weighted by atomic mass is 19.1. The molecule has 1 saturated heterocycles. The third kappa shape index (κ3) is 3.91. The largest absolute Gasteiger partial charge is 0.473 e. The highest BCUT2D eigenvalue weighted by Crippen LogP contribution is 2.32. The molecule has 1 aromatic carbocycles. The lowest BCUT2D eigenvalue weighted by Gasteiger charge is -2.37. The van der Waals surface area contributed by atoms with Crippen LogP contribution >= 0.6 is 0 Å². The fourth-order valence-corrected chi connectivity index (χ4v) is 3.92. The van der Waals surface area contributed by atoms with Gasteiger partial charge in [0, 0.05) is 26.2 Å². The van der Waals surface area contributed by atoms with Gasteiger partial charge in [-0.1, -0.05) is 18.6 Å². The van der Waals surface area contributed by atoms with E-state index in [0.717, 1.165) is 25.9 Å². The first kappa shape index (κ1) is 17.8. The molecule has 144 valence electrons. The number of aromatic nitrogens is 2. The lowest BCUT2D eigenvalue weighted by molar-refractivity contribution is 0.149. The highest BCUT2D eigenvalue weighted by molar-refractivity contribution is 5.68. The molecule has 1 aliphatic heterocycles. The number of anilines is 3. The molecule has 0 amide bonds. The smallest absolute Gasteiger partial charge is 0.242 e. The van der Waals surface area contributed by atoms with Crippen LogP contribution in [0.4, 0.5) is 21.6 Å². The van der Waals surface area contributed by atoms with Crippen molar-refractivity contribution in [1.29, 1.82) is 0 Å². The van der Waals surface area contributed by atoms with Crippen molar-refractivity contribution in [2.45, 2.75) is 38.2 Å². The molecule has 0 bridgehead atoms. The lowest BCUT2D eigenvalue weighted by atomic mass is 9.98. The second-order valence-electron chi connectivity index (χ2n) is 7.22. The van der Waals surface area contributed by atoms with Gasteiger partial charge in [-0.05, 0) is 37.8 Å². The molecule has 6 nitrogen and oxygen atoms in total.